The molecule has 0 atom stereocenters. The monoisotopic (exact) mass is 320 g/mol. The van der Waals surface area contributed by atoms with Crippen molar-refractivity contribution in [3.05, 3.63) is 83.4 Å². The summed E-state index contributed by atoms with van der Waals surface area (Å²) in [5, 5.41) is 0. The minimum atomic E-state index is -0.308. The quantitative estimate of drug-likeness (QED) is 0.722. The second-order valence-electron chi connectivity index (χ2n) is 6.36. The van der Waals surface area contributed by atoms with Gasteiger partial charge in [-0.1, -0.05) is 80.1 Å². The van der Waals surface area contributed by atoms with Gasteiger partial charge < -0.3 is 4.74 Å². The van der Waals surface area contributed by atoms with E-state index in [1.165, 1.54) is 11.1 Å². The molecule has 0 aromatic heterocycles. The molecule has 3 rings (SSSR count). The number of carbonyl (C=O) groups excluding carboxylic acids is 1. The van der Waals surface area contributed by atoms with Crippen molar-refractivity contribution in [2.45, 2.75) is 38.0 Å². The number of allylic oxidation sites excluding steroid dienone is 1. The Morgan fingerprint density at radius 2 is 1.54 bits per heavy atom. The highest BCUT2D eigenvalue weighted by atomic mass is 16.5. The fourth-order valence-electron chi connectivity index (χ4n) is 3.46. The average molecular weight is 320 g/mol. The minimum Gasteiger partial charge on any atom is -0.462 e. The van der Waals surface area contributed by atoms with Crippen molar-refractivity contribution in [1.29, 1.82) is 0 Å². The predicted octanol–water partition coefficient (Wildman–Crippen LogP) is 5.04. The van der Waals surface area contributed by atoms with Crippen LogP contribution >= 0.6 is 0 Å². The van der Waals surface area contributed by atoms with Gasteiger partial charge in [-0.3, -0.25) is 0 Å². The summed E-state index contributed by atoms with van der Waals surface area (Å²) < 4.78 is 5.50. The van der Waals surface area contributed by atoms with Gasteiger partial charge in [0.05, 0.1) is 6.61 Å². The maximum Gasteiger partial charge on any atom is 0.333 e. The van der Waals surface area contributed by atoms with E-state index >= 15 is 0 Å². The number of ether oxygens (including phenoxy) is 1. The van der Waals surface area contributed by atoms with Crippen molar-refractivity contribution < 1.29 is 9.53 Å². The lowest BCUT2D eigenvalue weighted by molar-refractivity contribution is -0.139. The van der Waals surface area contributed by atoms with Crippen molar-refractivity contribution in [2.24, 2.45) is 0 Å². The van der Waals surface area contributed by atoms with Gasteiger partial charge in [0.25, 0.3) is 0 Å². The van der Waals surface area contributed by atoms with Crippen molar-refractivity contribution in [2.75, 3.05) is 6.61 Å². The first-order chi connectivity index (χ1) is 11.8. The van der Waals surface area contributed by atoms with E-state index in [1.54, 1.807) is 0 Å². The van der Waals surface area contributed by atoms with Gasteiger partial charge in [0.2, 0.25) is 0 Å². The van der Waals surface area contributed by atoms with Gasteiger partial charge in [-0.2, -0.15) is 0 Å². The van der Waals surface area contributed by atoms with E-state index in [9.17, 15) is 4.79 Å². The highest BCUT2D eigenvalue weighted by Gasteiger charge is 2.35. The van der Waals surface area contributed by atoms with E-state index in [-0.39, 0.29) is 11.4 Å². The number of carbonyl (C=O) groups is 1. The fourth-order valence-corrected chi connectivity index (χ4v) is 3.46. The van der Waals surface area contributed by atoms with E-state index in [0.29, 0.717) is 6.61 Å². The number of hydrogen-bond acceptors (Lipinski definition) is 2. The van der Waals surface area contributed by atoms with Gasteiger partial charge in [-0.15, -0.1) is 0 Å². The van der Waals surface area contributed by atoms with Crippen LogP contribution in [-0.2, 0) is 14.9 Å². The number of rotatable bonds is 5. The lowest BCUT2D eigenvalue weighted by Gasteiger charge is -2.31. The van der Waals surface area contributed by atoms with E-state index in [0.717, 1.165) is 31.3 Å². The second kappa shape index (κ2) is 7.48. The third-order valence-electron chi connectivity index (χ3n) is 4.79. The molecule has 0 aliphatic carbocycles. The molecule has 1 aliphatic heterocycles. The molecule has 2 aromatic rings. The predicted molar refractivity (Wildman–Crippen MR) is 96.8 cm³/mol. The van der Waals surface area contributed by atoms with Gasteiger partial charge in [-0.05, 0) is 30.4 Å². The zero-order valence-corrected chi connectivity index (χ0v) is 14.2. The lowest BCUT2D eigenvalue weighted by atomic mass is 9.71. The Bertz CT molecular complexity index is 662. The molecule has 2 nitrogen and oxygen atoms in total. The molecule has 0 unspecified atom stereocenters. The van der Waals surface area contributed by atoms with Gasteiger partial charge in [0.15, 0.2) is 0 Å². The Balaban J connectivity index is 2.16. The molecule has 0 saturated heterocycles. The molecule has 1 aliphatic rings. The van der Waals surface area contributed by atoms with Crippen LogP contribution in [0.4, 0.5) is 0 Å². The SMILES string of the molecule is CCCCC1=CC(c2ccccc2)(c2ccccc2)CCOC1=O. The molecule has 0 spiro atoms. The zero-order valence-electron chi connectivity index (χ0n) is 14.2. The first-order valence-corrected chi connectivity index (χ1v) is 8.76. The molecule has 1 heterocycles. The van der Waals surface area contributed by atoms with Crippen molar-refractivity contribution in [3.8, 4) is 0 Å². The van der Waals surface area contributed by atoms with Crippen molar-refractivity contribution in [1.82, 2.24) is 0 Å². The molecule has 124 valence electrons. The molecule has 0 N–H and O–H groups in total. The summed E-state index contributed by atoms with van der Waals surface area (Å²) in [5.41, 5.74) is 2.92. The Morgan fingerprint density at radius 1 is 0.958 bits per heavy atom. The zero-order chi connectivity index (χ0) is 16.8. The van der Waals surface area contributed by atoms with Gasteiger partial charge >= 0.3 is 5.97 Å². The van der Waals surface area contributed by atoms with Crippen LogP contribution in [0.5, 0.6) is 0 Å². The molecule has 24 heavy (non-hydrogen) atoms. The minimum absolute atomic E-state index is 0.155. The van der Waals surface area contributed by atoms with E-state index < -0.39 is 0 Å². The Hall–Kier alpha value is -2.35. The van der Waals surface area contributed by atoms with E-state index in [4.69, 9.17) is 4.74 Å². The third kappa shape index (κ3) is 3.28. The molecule has 0 amide bonds. The summed E-state index contributed by atoms with van der Waals surface area (Å²) in [6, 6.07) is 20.9. The smallest absolute Gasteiger partial charge is 0.333 e. The maximum absolute atomic E-state index is 12.4. The van der Waals surface area contributed by atoms with Crippen LogP contribution in [0.1, 0.15) is 43.7 Å². The number of unbranched alkanes of at least 4 members (excludes halogenated alkanes) is 1. The molecule has 0 radical (unpaired) electrons. The lowest BCUT2D eigenvalue weighted by Crippen LogP contribution is -2.26. The number of esters is 1. The summed E-state index contributed by atoms with van der Waals surface area (Å²) in [7, 11) is 0. The standard InChI is InChI=1S/C22H24O2/c1-2-3-10-18-17-22(15-16-24-21(18)23,19-11-6-4-7-12-19)20-13-8-5-9-14-20/h4-9,11-14,17H,2-3,10,15-16H2,1H3. The molecule has 0 fully saturated rings. The van der Waals surface area contributed by atoms with Crippen molar-refractivity contribution >= 4 is 5.97 Å². The Kier molecular flexibility index (Phi) is 5.14. The molecule has 0 saturated carbocycles. The van der Waals surface area contributed by atoms with Crippen molar-refractivity contribution in [3.63, 3.8) is 0 Å². The summed E-state index contributed by atoms with van der Waals surface area (Å²) in [6.45, 7) is 2.58. The molecular weight excluding hydrogens is 296 g/mol. The Labute approximate surface area is 144 Å². The van der Waals surface area contributed by atoms with Crippen LogP contribution in [0.3, 0.4) is 0 Å². The highest BCUT2D eigenvalue weighted by molar-refractivity contribution is 5.89. The average Bonchev–Trinajstić information content (AvgIpc) is 2.81. The summed E-state index contributed by atoms with van der Waals surface area (Å²) in [4.78, 5) is 12.4. The van der Waals surface area contributed by atoms with Crippen LogP contribution in [0.25, 0.3) is 0 Å². The third-order valence-corrected chi connectivity index (χ3v) is 4.79. The number of benzene rings is 2. The topological polar surface area (TPSA) is 26.3 Å². The summed E-state index contributed by atoms with van der Waals surface area (Å²) >= 11 is 0. The number of hydrogen-bond donors (Lipinski definition) is 0. The largest absolute Gasteiger partial charge is 0.462 e. The summed E-state index contributed by atoms with van der Waals surface area (Å²) in [5.74, 6) is -0.155. The van der Waals surface area contributed by atoms with Crippen LogP contribution in [0.15, 0.2) is 72.3 Å². The number of cyclic esters (lactones) is 1. The normalized spacial score (nSPS) is 16.9. The van der Waals surface area contributed by atoms with Crippen LogP contribution < -0.4 is 0 Å². The maximum atomic E-state index is 12.4. The van der Waals surface area contributed by atoms with Crippen LogP contribution in [0.2, 0.25) is 0 Å². The second-order valence-corrected chi connectivity index (χ2v) is 6.36. The molecule has 0 bridgehead atoms. The molecular formula is C22H24O2. The Morgan fingerprint density at radius 3 is 2.08 bits per heavy atom. The van der Waals surface area contributed by atoms with E-state index in [1.807, 2.05) is 12.1 Å². The van der Waals surface area contributed by atoms with Crippen LogP contribution in [-0.4, -0.2) is 12.6 Å². The van der Waals surface area contributed by atoms with E-state index in [2.05, 4.69) is 61.5 Å². The van der Waals surface area contributed by atoms with Gasteiger partial charge in [0.1, 0.15) is 0 Å². The van der Waals surface area contributed by atoms with Gasteiger partial charge in [0, 0.05) is 11.0 Å². The first kappa shape index (κ1) is 16.5. The fraction of sp³-hybridized carbons (Fsp3) is 0.318. The summed E-state index contributed by atoms with van der Waals surface area (Å²) in [6.07, 6.45) is 5.77. The highest BCUT2D eigenvalue weighted by Crippen LogP contribution is 2.40. The van der Waals surface area contributed by atoms with Crippen LogP contribution in [0, 0.1) is 0 Å². The molecule has 2 aromatic carbocycles. The molecule has 2 heteroatoms. The first-order valence-electron chi connectivity index (χ1n) is 8.76. The van der Waals surface area contributed by atoms with Gasteiger partial charge in [-0.25, -0.2) is 4.79 Å².